The van der Waals surface area contributed by atoms with Gasteiger partial charge in [-0.25, -0.2) is 0 Å². The van der Waals surface area contributed by atoms with Gasteiger partial charge in [0.05, 0.1) is 0 Å². The molecule has 0 saturated heterocycles. The lowest BCUT2D eigenvalue weighted by Gasteiger charge is -2.33. The molecule has 0 aromatic heterocycles. The van der Waals surface area contributed by atoms with Crippen LogP contribution in [0.15, 0.2) is 42.7 Å². The number of benzene rings is 1. The Morgan fingerprint density at radius 3 is 1.44 bits per heavy atom. The second kappa shape index (κ2) is 21.6. The van der Waals surface area contributed by atoms with Crippen molar-refractivity contribution in [1.82, 2.24) is 4.90 Å². The first kappa shape index (κ1) is 30.8. The van der Waals surface area contributed by atoms with E-state index in [1.54, 1.807) is 0 Å². The van der Waals surface area contributed by atoms with Gasteiger partial charge in [0.1, 0.15) is 6.17 Å². The monoisotopic (exact) mass is 496 g/mol. The molecule has 0 spiro atoms. The summed E-state index contributed by atoms with van der Waals surface area (Å²) in [6.45, 7) is 5.81. The quantitative estimate of drug-likeness (QED) is 0.131. The van der Waals surface area contributed by atoms with E-state index < -0.39 is 0 Å². The molecular weight excluding hydrogens is 436 g/mol. The first-order chi connectivity index (χ1) is 17.9. The zero-order valence-electron chi connectivity index (χ0n) is 24.3. The van der Waals surface area contributed by atoms with Crippen LogP contribution in [0.3, 0.4) is 0 Å². The van der Waals surface area contributed by atoms with Crippen LogP contribution >= 0.6 is 0 Å². The maximum absolute atomic E-state index is 2.62. The predicted octanol–water partition coefficient (Wildman–Crippen LogP) is 11.2. The molecule has 36 heavy (non-hydrogen) atoms. The van der Waals surface area contributed by atoms with Crippen LogP contribution in [0.25, 0.3) is 0 Å². The van der Waals surface area contributed by atoms with Crippen LogP contribution in [-0.2, 0) is 0 Å². The van der Waals surface area contributed by atoms with Crippen molar-refractivity contribution >= 4 is 5.69 Å². The molecule has 1 aromatic rings. The molecule has 0 saturated carbocycles. The number of rotatable bonds is 24. The summed E-state index contributed by atoms with van der Waals surface area (Å²) in [6, 6.07) is 11.0. The highest BCUT2D eigenvalue weighted by Crippen LogP contribution is 2.28. The molecule has 0 N–H and O–H groups in total. The molecule has 1 atom stereocenters. The molecule has 0 bridgehead atoms. The molecule has 1 unspecified atom stereocenters. The minimum absolute atomic E-state index is 0.505. The number of anilines is 1. The zero-order chi connectivity index (χ0) is 25.5. The Kier molecular flexibility index (Phi) is 18.5. The summed E-state index contributed by atoms with van der Waals surface area (Å²) in [5, 5.41) is 0. The lowest BCUT2D eigenvalue weighted by atomic mass is 10.0. The van der Waals surface area contributed by atoms with Gasteiger partial charge in [-0.2, -0.15) is 0 Å². The summed E-state index contributed by atoms with van der Waals surface area (Å²) in [4.78, 5) is 5.13. The Morgan fingerprint density at radius 1 is 0.500 bits per heavy atom. The Hall–Kier alpha value is -1.44. The number of unbranched alkanes of at least 4 members (excludes halogenated alkanes) is 19. The van der Waals surface area contributed by atoms with Gasteiger partial charge in [0.15, 0.2) is 0 Å². The van der Waals surface area contributed by atoms with E-state index in [1.165, 1.54) is 153 Å². The van der Waals surface area contributed by atoms with Gasteiger partial charge >= 0.3 is 0 Å². The second-order valence-electron chi connectivity index (χ2n) is 11.3. The Morgan fingerprint density at radius 2 is 0.944 bits per heavy atom. The first-order valence-corrected chi connectivity index (χ1v) is 16.1. The lowest BCUT2D eigenvalue weighted by molar-refractivity contribution is 0.273. The van der Waals surface area contributed by atoms with Gasteiger partial charge < -0.3 is 9.80 Å². The third kappa shape index (κ3) is 13.8. The molecular formula is C34H60N2. The fraction of sp³-hybridized carbons (Fsp3) is 0.765. The SMILES string of the molecule is CCCCCCCCCCCCCCCCCCC1N(CCCCCCC)C=CN1c1ccccc1. The average molecular weight is 497 g/mol. The van der Waals surface area contributed by atoms with Gasteiger partial charge in [-0.1, -0.05) is 154 Å². The number of hydrogen-bond acceptors (Lipinski definition) is 2. The topological polar surface area (TPSA) is 6.48 Å². The van der Waals surface area contributed by atoms with Gasteiger partial charge in [0.2, 0.25) is 0 Å². The molecule has 2 rings (SSSR count). The van der Waals surface area contributed by atoms with Crippen LogP contribution in [-0.4, -0.2) is 17.6 Å². The molecule has 1 heterocycles. The highest BCUT2D eigenvalue weighted by Gasteiger charge is 2.26. The summed E-state index contributed by atoms with van der Waals surface area (Å²) in [5.74, 6) is 0. The molecule has 0 amide bonds. The fourth-order valence-electron chi connectivity index (χ4n) is 5.68. The standard InChI is InChI=1S/C34H60N2/c1-3-5-7-9-10-11-12-13-14-15-16-17-18-19-20-25-29-34-35(30-26-21-8-6-4-2)31-32-36(34)33-27-23-22-24-28-33/h22-24,27-28,31-32,34H,3-21,25-26,29-30H2,1-2H3. The maximum Gasteiger partial charge on any atom is 0.105 e. The first-order valence-electron chi connectivity index (χ1n) is 16.1. The van der Waals surface area contributed by atoms with Crippen molar-refractivity contribution in [2.75, 3.05) is 11.4 Å². The normalized spacial score (nSPS) is 15.3. The average Bonchev–Trinajstić information content (AvgIpc) is 3.31. The van der Waals surface area contributed by atoms with Gasteiger partial charge in [-0.05, 0) is 31.4 Å². The van der Waals surface area contributed by atoms with E-state index in [0.717, 1.165) is 0 Å². The van der Waals surface area contributed by atoms with E-state index >= 15 is 0 Å². The van der Waals surface area contributed by atoms with Crippen LogP contribution in [0.5, 0.6) is 0 Å². The largest absolute Gasteiger partial charge is 0.356 e. The third-order valence-electron chi connectivity index (χ3n) is 8.01. The number of para-hydroxylation sites is 1. The smallest absolute Gasteiger partial charge is 0.105 e. The Labute approximate surface area is 225 Å². The van der Waals surface area contributed by atoms with Crippen molar-refractivity contribution in [2.45, 2.75) is 161 Å². The predicted molar refractivity (Wildman–Crippen MR) is 161 cm³/mol. The minimum Gasteiger partial charge on any atom is -0.356 e. The van der Waals surface area contributed by atoms with Crippen LogP contribution in [0, 0.1) is 0 Å². The maximum atomic E-state index is 2.62. The van der Waals surface area contributed by atoms with Crippen molar-refractivity contribution in [3.8, 4) is 0 Å². The molecule has 2 heteroatoms. The van der Waals surface area contributed by atoms with E-state index in [0.29, 0.717) is 6.17 Å². The highest BCUT2D eigenvalue weighted by molar-refractivity contribution is 5.51. The van der Waals surface area contributed by atoms with Gasteiger partial charge in [-0.3, -0.25) is 0 Å². The Balaban J connectivity index is 1.53. The van der Waals surface area contributed by atoms with Crippen LogP contribution in [0.4, 0.5) is 5.69 Å². The summed E-state index contributed by atoms with van der Waals surface area (Å²) in [7, 11) is 0. The third-order valence-corrected chi connectivity index (χ3v) is 8.01. The van der Waals surface area contributed by atoms with Gasteiger partial charge in [-0.15, -0.1) is 0 Å². The van der Waals surface area contributed by atoms with Crippen molar-refractivity contribution in [2.24, 2.45) is 0 Å². The van der Waals surface area contributed by atoms with E-state index in [-0.39, 0.29) is 0 Å². The van der Waals surface area contributed by atoms with Crippen LogP contribution < -0.4 is 4.90 Å². The fourth-order valence-corrected chi connectivity index (χ4v) is 5.68. The summed E-state index contributed by atoms with van der Waals surface area (Å²) in [6.07, 6.45) is 36.2. The zero-order valence-corrected chi connectivity index (χ0v) is 24.3. The van der Waals surface area contributed by atoms with Gasteiger partial charge in [0.25, 0.3) is 0 Å². The second-order valence-corrected chi connectivity index (χ2v) is 11.3. The van der Waals surface area contributed by atoms with E-state index in [1.807, 2.05) is 0 Å². The minimum atomic E-state index is 0.505. The van der Waals surface area contributed by atoms with Crippen molar-refractivity contribution in [3.63, 3.8) is 0 Å². The van der Waals surface area contributed by atoms with Crippen LogP contribution in [0.2, 0.25) is 0 Å². The molecule has 206 valence electrons. The van der Waals surface area contributed by atoms with Crippen molar-refractivity contribution < 1.29 is 0 Å². The lowest BCUT2D eigenvalue weighted by Crippen LogP contribution is -2.39. The van der Waals surface area contributed by atoms with E-state index in [4.69, 9.17) is 0 Å². The molecule has 1 aliphatic heterocycles. The highest BCUT2D eigenvalue weighted by atomic mass is 15.4. The molecule has 0 aliphatic carbocycles. The molecule has 0 fully saturated rings. The van der Waals surface area contributed by atoms with Gasteiger partial charge in [0, 0.05) is 24.6 Å². The Bertz CT molecular complexity index is 625. The number of nitrogens with zero attached hydrogens (tertiary/aromatic N) is 2. The summed E-state index contributed by atoms with van der Waals surface area (Å²) >= 11 is 0. The molecule has 1 aliphatic rings. The van der Waals surface area contributed by atoms with E-state index in [2.05, 4.69) is 66.4 Å². The molecule has 0 radical (unpaired) electrons. The van der Waals surface area contributed by atoms with E-state index in [9.17, 15) is 0 Å². The van der Waals surface area contributed by atoms with Crippen molar-refractivity contribution in [3.05, 3.63) is 42.7 Å². The summed E-state index contributed by atoms with van der Waals surface area (Å²) in [5.41, 5.74) is 1.34. The van der Waals surface area contributed by atoms with Crippen LogP contribution in [0.1, 0.15) is 155 Å². The molecule has 2 nitrogen and oxygen atoms in total. The van der Waals surface area contributed by atoms with Crippen molar-refractivity contribution in [1.29, 1.82) is 0 Å². The summed E-state index contributed by atoms with van der Waals surface area (Å²) < 4.78 is 0. The number of hydrogen-bond donors (Lipinski definition) is 0. The molecule has 1 aromatic carbocycles.